The van der Waals surface area contributed by atoms with Crippen LogP contribution in [0.5, 0.6) is 5.75 Å². The Morgan fingerprint density at radius 3 is 2.61 bits per heavy atom. The number of benzene rings is 1. The van der Waals surface area contributed by atoms with Gasteiger partial charge in [0.2, 0.25) is 0 Å². The molecule has 4 heteroatoms. The van der Waals surface area contributed by atoms with E-state index in [0.717, 1.165) is 0 Å². The molecule has 0 fully saturated rings. The molecule has 18 heavy (non-hydrogen) atoms. The molecule has 1 aromatic rings. The maximum absolute atomic E-state index is 12.1. The highest BCUT2D eigenvalue weighted by Gasteiger charge is 2.14. The highest BCUT2D eigenvalue weighted by atomic mass is 16.5. The number of ether oxygens (including phenoxy) is 1. The van der Waals surface area contributed by atoms with Crippen LogP contribution in [0.25, 0.3) is 0 Å². The van der Waals surface area contributed by atoms with Crippen LogP contribution in [-0.4, -0.2) is 19.6 Å². The first-order valence-corrected chi connectivity index (χ1v) is 6.17. The molecular formula is C14H22N2O2. The minimum absolute atomic E-state index is 0.147. The van der Waals surface area contributed by atoms with Crippen molar-refractivity contribution in [1.82, 2.24) is 5.32 Å². The van der Waals surface area contributed by atoms with E-state index in [4.69, 9.17) is 10.5 Å². The maximum atomic E-state index is 12.1. The van der Waals surface area contributed by atoms with Gasteiger partial charge in [0.1, 0.15) is 5.75 Å². The number of hydrogen-bond acceptors (Lipinski definition) is 3. The Hall–Kier alpha value is -1.71. The Morgan fingerprint density at radius 2 is 2.06 bits per heavy atom. The predicted molar refractivity (Wildman–Crippen MR) is 73.7 cm³/mol. The number of nitrogens with two attached hydrogens (primary N) is 1. The number of nitrogens with one attached hydrogen (secondary N) is 1. The fourth-order valence-corrected chi connectivity index (χ4v) is 1.49. The van der Waals surface area contributed by atoms with Crippen LogP contribution in [0.3, 0.4) is 0 Å². The molecule has 0 bridgehead atoms. The number of carbonyl (C=O) groups excluding carboxylic acids is 1. The third-order valence-electron chi connectivity index (χ3n) is 3.19. The summed E-state index contributed by atoms with van der Waals surface area (Å²) in [5, 5.41) is 2.91. The number of rotatable bonds is 5. The molecule has 0 aliphatic carbocycles. The molecule has 0 saturated heterocycles. The molecule has 1 atom stereocenters. The molecule has 1 unspecified atom stereocenters. The zero-order valence-electron chi connectivity index (χ0n) is 11.5. The van der Waals surface area contributed by atoms with Crippen molar-refractivity contribution < 1.29 is 9.53 Å². The average molecular weight is 250 g/mol. The van der Waals surface area contributed by atoms with Gasteiger partial charge < -0.3 is 15.8 Å². The van der Waals surface area contributed by atoms with E-state index >= 15 is 0 Å². The zero-order chi connectivity index (χ0) is 13.7. The average Bonchev–Trinajstić information content (AvgIpc) is 2.35. The fraction of sp³-hybridized carbons (Fsp3) is 0.500. The first-order valence-electron chi connectivity index (χ1n) is 6.17. The number of carbonyl (C=O) groups is 1. The molecule has 0 radical (unpaired) electrons. The van der Waals surface area contributed by atoms with E-state index in [9.17, 15) is 4.79 Å². The lowest BCUT2D eigenvalue weighted by Crippen LogP contribution is -2.30. The van der Waals surface area contributed by atoms with E-state index in [1.165, 1.54) is 0 Å². The largest absolute Gasteiger partial charge is 0.496 e. The van der Waals surface area contributed by atoms with Gasteiger partial charge in [-0.2, -0.15) is 0 Å². The first kappa shape index (κ1) is 14.4. The van der Waals surface area contributed by atoms with Gasteiger partial charge in [0, 0.05) is 12.2 Å². The normalized spacial score (nSPS) is 12.3. The maximum Gasteiger partial charge on any atom is 0.255 e. The highest BCUT2D eigenvalue weighted by Crippen LogP contribution is 2.21. The number of hydrogen-bond donors (Lipinski definition) is 2. The smallest absolute Gasteiger partial charge is 0.255 e. The van der Waals surface area contributed by atoms with Gasteiger partial charge in [-0.25, -0.2) is 0 Å². The van der Waals surface area contributed by atoms with Gasteiger partial charge in [-0.05, 0) is 30.0 Å². The third-order valence-corrected chi connectivity index (χ3v) is 3.19. The number of methoxy groups -OCH3 is 1. The Bertz CT molecular complexity index is 416. The van der Waals surface area contributed by atoms with Crippen LogP contribution < -0.4 is 15.8 Å². The van der Waals surface area contributed by atoms with Crippen LogP contribution in [0.2, 0.25) is 0 Å². The molecule has 1 aromatic carbocycles. The van der Waals surface area contributed by atoms with Crippen LogP contribution in [0.1, 0.15) is 31.1 Å². The quantitative estimate of drug-likeness (QED) is 0.788. The van der Waals surface area contributed by atoms with Crippen molar-refractivity contribution in [2.45, 2.75) is 20.8 Å². The Morgan fingerprint density at radius 1 is 1.39 bits per heavy atom. The molecule has 1 amide bonds. The van der Waals surface area contributed by atoms with Crippen molar-refractivity contribution in [3.05, 3.63) is 23.8 Å². The number of nitrogen functional groups attached to an aromatic ring is 1. The zero-order valence-corrected chi connectivity index (χ0v) is 11.5. The molecule has 0 aliphatic rings. The van der Waals surface area contributed by atoms with E-state index < -0.39 is 0 Å². The molecule has 3 N–H and O–H groups in total. The lowest BCUT2D eigenvalue weighted by molar-refractivity contribution is 0.0942. The Labute approximate surface area is 109 Å². The molecule has 0 aromatic heterocycles. The monoisotopic (exact) mass is 250 g/mol. The fourth-order valence-electron chi connectivity index (χ4n) is 1.49. The van der Waals surface area contributed by atoms with Crippen molar-refractivity contribution in [3.8, 4) is 5.75 Å². The molecule has 0 heterocycles. The molecule has 4 nitrogen and oxygen atoms in total. The standard InChI is InChI=1S/C14H22N2O2/c1-9(2)10(3)8-16-14(17)12-7-11(15)5-6-13(12)18-4/h5-7,9-10H,8,15H2,1-4H3,(H,16,17). The van der Waals surface area contributed by atoms with Crippen LogP contribution in [0.4, 0.5) is 5.69 Å². The summed E-state index contributed by atoms with van der Waals surface area (Å²) in [6.45, 7) is 7.03. The summed E-state index contributed by atoms with van der Waals surface area (Å²) < 4.78 is 5.16. The van der Waals surface area contributed by atoms with E-state index in [2.05, 4.69) is 26.1 Å². The van der Waals surface area contributed by atoms with Crippen LogP contribution in [-0.2, 0) is 0 Å². The molecule has 0 aliphatic heterocycles. The van der Waals surface area contributed by atoms with Crippen LogP contribution in [0, 0.1) is 11.8 Å². The van der Waals surface area contributed by atoms with Gasteiger partial charge in [0.05, 0.1) is 12.7 Å². The van der Waals surface area contributed by atoms with Crippen LogP contribution in [0.15, 0.2) is 18.2 Å². The summed E-state index contributed by atoms with van der Waals surface area (Å²) in [6, 6.07) is 5.05. The topological polar surface area (TPSA) is 64.3 Å². The van der Waals surface area contributed by atoms with Gasteiger partial charge in [0.25, 0.3) is 5.91 Å². The second kappa shape index (κ2) is 6.28. The van der Waals surface area contributed by atoms with Gasteiger partial charge in [-0.3, -0.25) is 4.79 Å². The second-order valence-electron chi connectivity index (χ2n) is 4.89. The summed E-state index contributed by atoms with van der Waals surface area (Å²) in [7, 11) is 1.54. The van der Waals surface area contributed by atoms with Crippen molar-refractivity contribution in [1.29, 1.82) is 0 Å². The van der Waals surface area contributed by atoms with Crippen LogP contribution >= 0.6 is 0 Å². The predicted octanol–water partition coefficient (Wildman–Crippen LogP) is 2.30. The third kappa shape index (κ3) is 3.65. The van der Waals surface area contributed by atoms with Crippen molar-refractivity contribution in [2.24, 2.45) is 11.8 Å². The minimum atomic E-state index is -0.147. The molecule has 100 valence electrons. The summed E-state index contributed by atoms with van der Waals surface area (Å²) in [5.41, 5.74) is 6.72. The van der Waals surface area contributed by atoms with Gasteiger partial charge >= 0.3 is 0 Å². The minimum Gasteiger partial charge on any atom is -0.496 e. The number of amides is 1. The molecule has 0 saturated carbocycles. The van der Waals surface area contributed by atoms with Crippen molar-refractivity contribution >= 4 is 11.6 Å². The van der Waals surface area contributed by atoms with E-state index in [0.29, 0.717) is 35.4 Å². The lowest BCUT2D eigenvalue weighted by Gasteiger charge is -2.17. The first-order chi connectivity index (χ1) is 8.45. The molecular weight excluding hydrogens is 228 g/mol. The van der Waals surface area contributed by atoms with Crippen molar-refractivity contribution in [2.75, 3.05) is 19.4 Å². The Kier molecular flexibility index (Phi) is 5.01. The summed E-state index contributed by atoms with van der Waals surface area (Å²) >= 11 is 0. The lowest BCUT2D eigenvalue weighted by atomic mass is 9.98. The van der Waals surface area contributed by atoms with Crippen molar-refractivity contribution in [3.63, 3.8) is 0 Å². The molecule has 1 rings (SSSR count). The summed E-state index contributed by atoms with van der Waals surface area (Å²) in [6.07, 6.45) is 0. The second-order valence-corrected chi connectivity index (χ2v) is 4.89. The van der Waals surface area contributed by atoms with E-state index in [-0.39, 0.29) is 5.91 Å². The number of anilines is 1. The molecule has 0 spiro atoms. The van der Waals surface area contributed by atoms with Gasteiger partial charge in [0.15, 0.2) is 0 Å². The SMILES string of the molecule is COc1ccc(N)cc1C(=O)NCC(C)C(C)C. The van der Waals surface area contributed by atoms with E-state index in [1.807, 2.05) is 0 Å². The highest BCUT2D eigenvalue weighted by molar-refractivity contribution is 5.97. The Balaban J connectivity index is 2.75. The van der Waals surface area contributed by atoms with E-state index in [1.54, 1.807) is 25.3 Å². The summed E-state index contributed by atoms with van der Waals surface area (Å²) in [5.74, 6) is 1.36. The summed E-state index contributed by atoms with van der Waals surface area (Å²) in [4.78, 5) is 12.1. The van der Waals surface area contributed by atoms with Gasteiger partial charge in [-0.15, -0.1) is 0 Å². The van der Waals surface area contributed by atoms with Gasteiger partial charge in [-0.1, -0.05) is 20.8 Å².